The van der Waals surface area contributed by atoms with Crippen LogP contribution < -0.4 is 14.2 Å². The van der Waals surface area contributed by atoms with Gasteiger partial charge in [0, 0.05) is 10.0 Å². The van der Waals surface area contributed by atoms with E-state index in [2.05, 4.69) is 15.9 Å². The molecular weight excluding hydrogens is 392 g/mol. The highest BCUT2D eigenvalue weighted by atomic mass is 79.9. The molecule has 0 atom stereocenters. The zero-order valence-corrected chi connectivity index (χ0v) is 14.8. The summed E-state index contributed by atoms with van der Waals surface area (Å²) < 4.78 is 21.9. The average molecular weight is 407 g/mol. The molecule has 1 aliphatic rings. The number of halogens is 1. The standard InChI is InChI=1S/C18H15BrO6/c19-13-2-1-3-14(9-13)24-11-18(21)25-10-15(20)12-4-5-16-17(8-12)23-7-6-22-16/h1-5,8-9H,6-7,10-11H2. The number of esters is 1. The fourth-order valence-electron chi connectivity index (χ4n) is 2.19. The van der Waals surface area contributed by atoms with Crippen LogP contribution in [0, 0.1) is 0 Å². The molecule has 0 radical (unpaired) electrons. The molecule has 0 aromatic heterocycles. The summed E-state index contributed by atoms with van der Waals surface area (Å²) in [5.74, 6) is 0.701. The fraction of sp³-hybridized carbons (Fsp3) is 0.222. The van der Waals surface area contributed by atoms with Crippen molar-refractivity contribution in [3.05, 3.63) is 52.5 Å². The molecule has 0 saturated heterocycles. The smallest absolute Gasteiger partial charge is 0.344 e. The maximum Gasteiger partial charge on any atom is 0.344 e. The Balaban J connectivity index is 1.49. The van der Waals surface area contributed by atoms with Crippen LogP contribution in [0.25, 0.3) is 0 Å². The maximum absolute atomic E-state index is 12.1. The van der Waals surface area contributed by atoms with Crippen LogP contribution >= 0.6 is 15.9 Å². The van der Waals surface area contributed by atoms with E-state index in [1.807, 2.05) is 6.07 Å². The van der Waals surface area contributed by atoms with E-state index in [1.54, 1.807) is 36.4 Å². The monoisotopic (exact) mass is 406 g/mol. The molecule has 6 nitrogen and oxygen atoms in total. The fourth-order valence-corrected chi connectivity index (χ4v) is 2.57. The number of carbonyl (C=O) groups is 2. The van der Waals surface area contributed by atoms with Crippen LogP contribution in [0.5, 0.6) is 17.2 Å². The van der Waals surface area contributed by atoms with Crippen LogP contribution in [0.2, 0.25) is 0 Å². The Kier molecular flexibility index (Phi) is 5.55. The Morgan fingerprint density at radius 3 is 2.60 bits per heavy atom. The lowest BCUT2D eigenvalue weighted by Gasteiger charge is -2.18. The number of carbonyl (C=O) groups excluding carboxylic acids is 2. The third-order valence-electron chi connectivity index (χ3n) is 3.38. The average Bonchev–Trinajstić information content (AvgIpc) is 2.64. The van der Waals surface area contributed by atoms with E-state index in [0.717, 1.165) is 4.47 Å². The molecule has 25 heavy (non-hydrogen) atoms. The number of rotatable bonds is 6. The Morgan fingerprint density at radius 1 is 1.00 bits per heavy atom. The third kappa shape index (κ3) is 4.73. The lowest BCUT2D eigenvalue weighted by molar-refractivity contribution is -0.144. The molecule has 0 bridgehead atoms. The molecule has 1 aliphatic heterocycles. The third-order valence-corrected chi connectivity index (χ3v) is 3.87. The second-order valence-electron chi connectivity index (χ2n) is 5.19. The normalized spacial score (nSPS) is 12.4. The molecular formula is C18H15BrO6. The van der Waals surface area contributed by atoms with Gasteiger partial charge in [-0.25, -0.2) is 4.79 Å². The summed E-state index contributed by atoms with van der Waals surface area (Å²) in [7, 11) is 0. The molecule has 130 valence electrons. The number of ketones is 1. The topological polar surface area (TPSA) is 71.1 Å². The first kappa shape index (κ1) is 17.3. The van der Waals surface area contributed by atoms with E-state index >= 15 is 0 Å². The SMILES string of the molecule is O=C(COc1cccc(Br)c1)OCC(=O)c1ccc2c(c1)OCCO2. The molecule has 7 heteroatoms. The van der Waals surface area contributed by atoms with Gasteiger partial charge in [0.2, 0.25) is 0 Å². The Morgan fingerprint density at radius 2 is 1.80 bits per heavy atom. The minimum absolute atomic E-state index is 0.273. The molecule has 0 spiro atoms. The molecule has 3 rings (SSSR count). The molecule has 0 unspecified atom stereocenters. The van der Waals surface area contributed by atoms with Gasteiger partial charge in [0.05, 0.1) is 0 Å². The maximum atomic E-state index is 12.1. The minimum Gasteiger partial charge on any atom is -0.486 e. The Bertz CT molecular complexity index is 789. The summed E-state index contributed by atoms with van der Waals surface area (Å²) >= 11 is 3.31. The summed E-state index contributed by atoms with van der Waals surface area (Å²) in [6, 6.07) is 11.9. The van der Waals surface area contributed by atoms with Crippen molar-refractivity contribution >= 4 is 27.7 Å². The van der Waals surface area contributed by atoms with Crippen LogP contribution in [0.3, 0.4) is 0 Å². The van der Waals surface area contributed by atoms with Crippen LogP contribution in [-0.4, -0.2) is 38.2 Å². The van der Waals surface area contributed by atoms with Gasteiger partial charge in [-0.15, -0.1) is 0 Å². The van der Waals surface area contributed by atoms with Crippen LogP contribution in [-0.2, 0) is 9.53 Å². The molecule has 0 amide bonds. The zero-order valence-electron chi connectivity index (χ0n) is 13.2. The first-order chi connectivity index (χ1) is 12.1. The van der Waals surface area contributed by atoms with E-state index in [-0.39, 0.29) is 19.0 Å². The summed E-state index contributed by atoms with van der Waals surface area (Å²) in [6.07, 6.45) is 0. The molecule has 0 N–H and O–H groups in total. The molecule has 2 aromatic rings. The molecule has 1 heterocycles. The van der Waals surface area contributed by atoms with E-state index in [1.165, 1.54) is 0 Å². The number of hydrogen-bond donors (Lipinski definition) is 0. The highest BCUT2D eigenvalue weighted by Crippen LogP contribution is 2.30. The predicted molar refractivity (Wildman–Crippen MR) is 92.4 cm³/mol. The van der Waals surface area contributed by atoms with Gasteiger partial charge in [0.15, 0.2) is 30.5 Å². The van der Waals surface area contributed by atoms with Gasteiger partial charge < -0.3 is 18.9 Å². The summed E-state index contributed by atoms with van der Waals surface area (Å²) in [5, 5.41) is 0. The highest BCUT2D eigenvalue weighted by Gasteiger charge is 2.16. The molecule has 2 aromatic carbocycles. The van der Waals surface area contributed by atoms with E-state index in [4.69, 9.17) is 18.9 Å². The van der Waals surface area contributed by atoms with Gasteiger partial charge >= 0.3 is 5.97 Å². The predicted octanol–water partition coefficient (Wildman–Crippen LogP) is 3.03. The summed E-state index contributed by atoms with van der Waals surface area (Å²) in [5.41, 5.74) is 0.393. The van der Waals surface area contributed by atoms with Gasteiger partial charge in [0.1, 0.15) is 19.0 Å². The number of hydrogen-bond acceptors (Lipinski definition) is 6. The van der Waals surface area contributed by atoms with Crippen molar-refractivity contribution in [2.45, 2.75) is 0 Å². The van der Waals surface area contributed by atoms with Crippen molar-refractivity contribution in [1.82, 2.24) is 0 Å². The van der Waals surface area contributed by atoms with Gasteiger partial charge in [-0.2, -0.15) is 0 Å². The largest absolute Gasteiger partial charge is 0.486 e. The van der Waals surface area contributed by atoms with E-state index in [9.17, 15) is 9.59 Å². The van der Waals surface area contributed by atoms with E-state index in [0.29, 0.717) is 36.0 Å². The lowest BCUT2D eigenvalue weighted by Crippen LogP contribution is -2.20. The van der Waals surface area contributed by atoms with Gasteiger partial charge in [-0.3, -0.25) is 4.79 Å². The van der Waals surface area contributed by atoms with Crippen LogP contribution in [0.4, 0.5) is 0 Å². The summed E-state index contributed by atoms with van der Waals surface area (Å²) in [4.78, 5) is 23.8. The quantitative estimate of drug-likeness (QED) is 0.542. The van der Waals surface area contributed by atoms with Crippen molar-refractivity contribution < 1.29 is 28.5 Å². The first-order valence-electron chi connectivity index (χ1n) is 7.58. The molecule has 0 saturated carbocycles. The van der Waals surface area contributed by atoms with E-state index < -0.39 is 5.97 Å². The Labute approximate surface area is 152 Å². The lowest BCUT2D eigenvalue weighted by atomic mass is 10.1. The van der Waals surface area contributed by atoms with Crippen molar-refractivity contribution in [2.75, 3.05) is 26.4 Å². The number of ether oxygens (including phenoxy) is 4. The van der Waals surface area contributed by atoms with Crippen molar-refractivity contribution in [1.29, 1.82) is 0 Å². The number of Topliss-reactive ketones (excluding diaryl/α,β-unsaturated/α-hetero) is 1. The van der Waals surface area contributed by atoms with Gasteiger partial charge in [0.25, 0.3) is 0 Å². The van der Waals surface area contributed by atoms with Crippen molar-refractivity contribution in [2.24, 2.45) is 0 Å². The molecule has 0 aliphatic carbocycles. The van der Waals surface area contributed by atoms with Crippen LogP contribution in [0.1, 0.15) is 10.4 Å². The first-order valence-corrected chi connectivity index (χ1v) is 8.38. The van der Waals surface area contributed by atoms with Crippen molar-refractivity contribution in [3.8, 4) is 17.2 Å². The van der Waals surface area contributed by atoms with Gasteiger partial charge in [-0.05, 0) is 36.4 Å². The zero-order chi connectivity index (χ0) is 17.6. The second-order valence-corrected chi connectivity index (χ2v) is 6.10. The number of fused-ring (bicyclic) bond motifs is 1. The van der Waals surface area contributed by atoms with Crippen LogP contribution in [0.15, 0.2) is 46.9 Å². The summed E-state index contributed by atoms with van der Waals surface area (Å²) in [6.45, 7) is 0.285. The second kappa shape index (κ2) is 8.02. The Hall–Kier alpha value is -2.54. The number of benzene rings is 2. The minimum atomic E-state index is -0.620. The van der Waals surface area contributed by atoms with Gasteiger partial charge in [-0.1, -0.05) is 22.0 Å². The molecule has 0 fully saturated rings. The highest BCUT2D eigenvalue weighted by molar-refractivity contribution is 9.10. The van der Waals surface area contributed by atoms with Crippen molar-refractivity contribution in [3.63, 3.8) is 0 Å².